The van der Waals surface area contributed by atoms with Gasteiger partial charge in [0.25, 0.3) is 0 Å². The van der Waals surface area contributed by atoms with Crippen molar-refractivity contribution in [1.82, 2.24) is 15.1 Å². The summed E-state index contributed by atoms with van der Waals surface area (Å²) >= 11 is 4.60. The lowest BCUT2D eigenvalue weighted by Gasteiger charge is -2.26. The van der Waals surface area contributed by atoms with Crippen molar-refractivity contribution >= 4 is 35.0 Å². The van der Waals surface area contributed by atoms with Crippen LogP contribution in [0.2, 0.25) is 0 Å². The largest absolute Gasteiger partial charge is 0.480 e. The first-order valence-electron chi connectivity index (χ1n) is 8.27. The summed E-state index contributed by atoms with van der Waals surface area (Å²) in [5, 5.41) is 23.9. The fraction of sp³-hybridized carbons (Fsp3) is 0.471. The second-order valence-corrected chi connectivity index (χ2v) is 6.28. The maximum Gasteiger partial charge on any atom is 0.317 e. The van der Waals surface area contributed by atoms with Crippen LogP contribution in [0, 0.1) is 0 Å². The molecule has 8 nitrogen and oxygen atoms in total. The number of aliphatic carboxylic acids is 2. The molecule has 0 aromatic heterocycles. The summed E-state index contributed by atoms with van der Waals surface area (Å²) in [4.78, 5) is 29.7. The van der Waals surface area contributed by atoms with Crippen LogP contribution in [0.1, 0.15) is 11.6 Å². The third-order valence-electron chi connectivity index (χ3n) is 4.18. The third kappa shape index (κ3) is 6.62. The summed E-state index contributed by atoms with van der Waals surface area (Å²) in [5.74, 6) is -1.79. The van der Waals surface area contributed by atoms with Crippen molar-refractivity contribution < 1.29 is 19.8 Å². The molecule has 140 valence electrons. The van der Waals surface area contributed by atoms with Gasteiger partial charge in [0, 0.05) is 38.8 Å². The van der Waals surface area contributed by atoms with E-state index >= 15 is 0 Å². The molecule has 2 rings (SSSR count). The van der Waals surface area contributed by atoms with E-state index < -0.39 is 11.9 Å². The molecule has 1 aliphatic heterocycles. The monoisotopic (exact) mass is 378 g/mol. The van der Waals surface area contributed by atoms with E-state index in [0.717, 1.165) is 5.56 Å². The highest BCUT2D eigenvalue weighted by molar-refractivity contribution is 7.78. The predicted octanol–water partition coefficient (Wildman–Crippen LogP) is 0.838. The molecule has 1 aromatic carbocycles. The quantitative estimate of drug-likeness (QED) is 0.494. The Bertz CT molecular complexity index is 676. The summed E-state index contributed by atoms with van der Waals surface area (Å²) in [7, 11) is 0. The summed E-state index contributed by atoms with van der Waals surface area (Å²) in [5.41, 5.74) is 1.72. The highest BCUT2D eigenvalue weighted by atomic mass is 32.1. The van der Waals surface area contributed by atoms with Crippen LogP contribution in [-0.2, 0) is 9.59 Å². The molecule has 1 atom stereocenters. The van der Waals surface area contributed by atoms with Gasteiger partial charge in [-0.3, -0.25) is 19.4 Å². The molecule has 0 bridgehead atoms. The molecule has 1 heterocycles. The van der Waals surface area contributed by atoms with Crippen LogP contribution in [-0.4, -0.2) is 82.9 Å². The number of aliphatic imine (C=N–C) groups is 1. The highest BCUT2D eigenvalue weighted by Gasteiger charge is 2.22. The minimum absolute atomic E-state index is 0.0580. The first-order chi connectivity index (χ1) is 12.5. The summed E-state index contributed by atoms with van der Waals surface area (Å²) in [6.07, 6.45) is 0. The second kappa shape index (κ2) is 10.1. The van der Waals surface area contributed by atoms with Crippen LogP contribution in [0.5, 0.6) is 0 Å². The topological polar surface area (TPSA) is 105 Å². The smallest absolute Gasteiger partial charge is 0.317 e. The van der Waals surface area contributed by atoms with Gasteiger partial charge in [-0.05, 0) is 29.9 Å². The van der Waals surface area contributed by atoms with Crippen LogP contribution in [0.15, 0.2) is 29.3 Å². The van der Waals surface area contributed by atoms with Gasteiger partial charge in [0.2, 0.25) is 0 Å². The first-order valence-corrected chi connectivity index (χ1v) is 8.68. The molecule has 3 N–H and O–H groups in total. The van der Waals surface area contributed by atoms with Gasteiger partial charge < -0.3 is 15.5 Å². The average molecular weight is 378 g/mol. The fourth-order valence-electron chi connectivity index (χ4n) is 2.95. The number of nitrogens with one attached hydrogen (secondary N) is 1. The lowest BCUT2D eigenvalue weighted by molar-refractivity contribution is -0.140. The predicted molar refractivity (Wildman–Crippen MR) is 100 cm³/mol. The van der Waals surface area contributed by atoms with Gasteiger partial charge >= 0.3 is 11.9 Å². The zero-order valence-electron chi connectivity index (χ0n) is 14.3. The van der Waals surface area contributed by atoms with Crippen molar-refractivity contribution in [3.8, 4) is 0 Å². The average Bonchev–Trinajstić information content (AvgIpc) is 2.66. The number of isothiocyanates is 1. The number of carbonyl (C=O) groups is 2. The minimum atomic E-state index is -0.904. The number of thiocarbonyl (C=S) groups is 1. The molecular weight excluding hydrogens is 356 g/mol. The van der Waals surface area contributed by atoms with Crippen molar-refractivity contribution in [2.45, 2.75) is 6.04 Å². The van der Waals surface area contributed by atoms with Crippen molar-refractivity contribution in [2.24, 2.45) is 4.99 Å². The summed E-state index contributed by atoms with van der Waals surface area (Å²) < 4.78 is 0. The zero-order valence-corrected chi connectivity index (χ0v) is 15.1. The zero-order chi connectivity index (χ0) is 18.9. The van der Waals surface area contributed by atoms with E-state index in [0.29, 0.717) is 38.4 Å². The molecule has 0 aliphatic carbocycles. The molecular formula is C17H22N4O4S. The van der Waals surface area contributed by atoms with Gasteiger partial charge in [-0.1, -0.05) is 12.1 Å². The molecule has 1 unspecified atom stereocenters. The molecule has 0 radical (unpaired) electrons. The van der Waals surface area contributed by atoms with Crippen LogP contribution in [0.4, 0.5) is 5.69 Å². The Kier molecular flexibility index (Phi) is 7.83. The van der Waals surface area contributed by atoms with E-state index in [4.69, 9.17) is 10.2 Å². The molecule has 1 aromatic rings. The maximum absolute atomic E-state index is 11.2. The van der Waals surface area contributed by atoms with Gasteiger partial charge in [0.15, 0.2) is 0 Å². The lowest BCUT2D eigenvalue weighted by Crippen LogP contribution is -2.40. The Balaban J connectivity index is 2.15. The molecule has 9 heteroatoms. The molecule has 1 aliphatic rings. The number of nitrogens with zero attached hydrogens (tertiary/aromatic N) is 3. The number of carboxylic acids is 2. The van der Waals surface area contributed by atoms with Crippen molar-refractivity contribution in [2.75, 3.05) is 45.8 Å². The third-order valence-corrected chi connectivity index (χ3v) is 4.27. The Labute approximate surface area is 157 Å². The number of rotatable bonds is 6. The highest BCUT2D eigenvalue weighted by Crippen LogP contribution is 2.19. The molecule has 1 fully saturated rings. The van der Waals surface area contributed by atoms with E-state index in [2.05, 4.69) is 27.7 Å². The molecule has 26 heavy (non-hydrogen) atoms. The van der Waals surface area contributed by atoms with E-state index in [1.807, 2.05) is 34.1 Å². The summed E-state index contributed by atoms with van der Waals surface area (Å²) in [6.45, 7) is 2.56. The fourth-order valence-corrected chi connectivity index (χ4v) is 3.05. The normalized spacial score (nSPS) is 19.6. The number of hydrogen-bond acceptors (Lipinski definition) is 7. The molecule has 0 amide bonds. The van der Waals surface area contributed by atoms with Gasteiger partial charge in [0.05, 0.1) is 23.9 Å². The van der Waals surface area contributed by atoms with E-state index in [-0.39, 0.29) is 19.1 Å². The Morgan fingerprint density at radius 3 is 2.35 bits per heavy atom. The maximum atomic E-state index is 11.2. The number of benzene rings is 1. The van der Waals surface area contributed by atoms with Gasteiger partial charge in [-0.25, -0.2) is 0 Å². The van der Waals surface area contributed by atoms with Crippen molar-refractivity contribution in [1.29, 1.82) is 0 Å². The molecule has 0 spiro atoms. The van der Waals surface area contributed by atoms with E-state index in [1.54, 1.807) is 0 Å². The van der Waals surface area contributed by atoms with E-state index in [1.165, 1.54) is 0 Å². The van der Waals surface area contributed by atoms with Crippen molar-refractivity contribution in [3.05, 3.63) is 29.8 Å². The van der Waals surface area contributed by atoms with Crippen LogP contribution >= 0.6 is 12.2 Å². The van der Waals surface area contributed by atoms with E-state index in [9.17, 15) is 9.59 Å². The van der Waals surface area contributed by atoms with Crippen LogP contribution in [0.25, 0.3) is 0 Å². The second-order valence-electron chi connectivity index (χ2n) is 6.10. The number of hydrogen-bond donors (Lipinski definition) is 3. The molecule has 1 saturated heterocycles. The summed E-state index contributed by atoms with van der Waals surface area (Å²) in [6, 6.07) is 7.46. The number of carboxylic acid groups (broad SMARTS) is 2. The standard InChI is InChI=1S/C17H22N4O4S/c22-16(23)10-20-6-5-18-15(9-21(8-7-20)11-17(24)25)13-1-3-14(4-2-13)19-12-26/h1-4,15,18H,5-11H2,(H,22,23)(H,24,25). The van der Waals surface area contributed by atoms with Crippen LogP contribution < -0.4 is 5.32 Å². The first kappa shape index (κ1) is 20.2. The SMILES string of the molecule is O=C(O)CN1CCNC(c2ccc(N=C=S)cc2)CN(CC(=O)O)CC1. The minimum Gasteiger partial charge on any atom is -0.480 e. The van der Waals surface area contributed by atoms with Gasteiger partial charge in [-0.2, -0.15) is 4.99 Å². The van der Waals surface area contributed by atoms with Crippen molar-refractivity contribution in [3.63, 3.8) is 0 Å². The Hall–Kier alpha value is -2.16. The lowest BCUT2D eigenvalue weighted by atomic mass is 10.1. The van der Waals surface area contributed by atoms with Gasteiger partial charge in [0.1, 0.15) is 0 Å². The molecule has 0 saturated carbocycles. The Morgan fingerprint density at radius 1 is 1.12 bits per heavy atom. The Morgan fingerprint density at radius 2 is 1.73 bits per heavy atom. The van der Waals surface area contributed by atoms with Crippen LogP contribution in [0.3, 0.4) is 0 Å². The van der Waals surface area contributed by atoms with Gasteiger partial charge in [-0.15, -0.1) is 0 Å².